The van der Waals surface area contributed by atoms with Crippen LogP contribution in [0.4, 0.5) is 0 Å². The normalized spacial score (nSPS) is 11.6. The lowest BCUT2D eigenvalue weighted by Crippen LogP contribution is -2.15. The molecule has 0 bridgehead atoms. The summed E-state index contributed by atoms with van der Waals surface area (Å²) in [5.41, 5.74) is 1.45. The Morgan fingerprint density at radius 1 is 1.17 bits per heavy atom. The molecule has 0 amide bonds. The Labute approximate surface area is 130 Å². The summed E-state index contributed by atoms with van der Waals surface area (Å²) in [5, 5.41) is 17.4. The highest BCUT2D eigenvalue weighted by Gasteiger charge is 2.21. The maximum absolute atomic E-state index is 12.1. The summed E-state index contributed by atoms with van der Waals surface area (Å²) in [4.78, 5) is 27.6. The van der Waals surface area contributed by atoms with E-state index in [1.54, 1.807) is 25.2 Å². The Bertz CT molecular complexity index is 943. The first-order valence-corrected chi connectivity index (χ1v) is 6.76. The fourth-order valence-corrected chi connectivity index (χ4v) is 2.16. The average Bonchev–Trinajstić information content (AvgIpc) is 2.96. The summed E-state index contributed by atoms with van der Waals surface area (Å²) >= 11 is 0. The van der Waals surface area contributed by atoms with Gasteiger partial charge in [0.25, 0.3) is 5.78 Å². The highest BCUT2D eigenvalue weighted by molar-refractivity contribution is 6.52. The third kappa shape index (κ3) is 2.84. The van der Waals surface area contributed by atoms with Crippen molar-refractivity contribution in [3.05, 3.63) is 54.0 Å². The Morgan fingerprint density at radius 3 is 2.65 bits per heavy atom. The van der Waals surface area contributed by atoms with E-state index in [4.69, 9.17) is 5.11 Å². The van der Waals surface area contributed by atoms with Crippen LogP contribution in [0.1, 0.15) is 11.4 Å². The maximum atomic E-state index is 12.1. The molecule has 1 N–H and O–H groups in total. The van der Waals surface area contributed by atoms with Gasteiger partial charge in [0.2, 0.25) is 0 Å². The molecule has 0 atom stereocenters. The number of benzene rings is 1. The van der Waals surface area contributed by atoms with E-state index in [0.29, 0.717) is 11.2 Å². The molecule has 0 aliphatic heterocycles. The quantitative estimate of drug-likeness (QED) is 0.580. The molecule has 0 saturated carbocycles. The van der Waals surface area contributed by atoms with Crippen LogP contribution < -0.4 is 0 Å². The molecular formula is C16H12N4O3. The Morgan fingerprint density at radius 2 is 1.96 bits per heavy atom. The van der Waals surface area contributed by atoms with Crippen molar-refractivity contribution >= 4 is 34.3 Å². The van der Waals surface area contributed by atoms with Crippen LogP contribution in [0.2, 0.25) is 0 Å². The van der Waals surface area contributed by atoms with Gasteiger partial charge in [0.05, 0.1) is 28.7 Å². The molecule has 2 heterocycles. The van der Waals surface area contributed by atoms with Crippen molar-refractivity contribution in [2.24, 2.45) is 7.05 Å². The molecule has 0 spiro atoms. The predicted octanol–water partition coefficient (Wildman–Crippen LogP) is 1.56. The summed E-state index contributed by atoms with van der Waals surface area (Å²) in [6.45, 7) is 0. The van der Waals surface area contributed by atoms with Crippen LogP contribution in [0.3, 0.4) is 0 Å². The number of hydrogen-bond acceptors (Lipinski definition) is 5. The fraction of sp³-hybridized carbons (Fsp3) is 0.0625. The Kier molecular flexibility index (Phi) is 3.68. The number of aromatic nitrogens is 4. The van der Waals surface area contributed by atoms with E-state index >= 15 is 0 Å². The van der Waals surface area contributed by atoms with E-state index in [1.807, 2.05) is 18.2 Å². The molecule has 3 rings (SSSR count). The van der Waals surface area contributed by atoms with Crippen LogP contribution in [-0.4, -0.2) is 36.8 Å². The Balaban J connectivity index is 2.17. The number of Topliss-reactive ketones (excluding diaryl/α,β-unsaturated/α-hetero) is 1. The number of ketones is 1. The van der Waals surface area contributed by atoms with Gasteiger partial charge < -0.3 is 5.11 Å². The summed E-state index contributed by atoms with van der Waals surface area (Å²) < 4.78 is 1.44. The van der Waals surface area contributed by atoms with Crippen molar-refractivity contribution in [3.63, 3.8) is 0 Å². The Hall–Kier alpha value is -3.35. The molecule has 0 aliphatic carbocycles. The smallest absolute Gasteiger partial charge is 0.377 e. The minimum absolute atomic E-state index is 0.0198. The number of carboxylic acids is 1. The highest BCUT2D eigenvalue weighted by atomic mass is 16.4. The number of rotatable bonds is 4. The number of pyridine rings is 1. The third-order valence-electron chi connectivity index (χ3n) is 3.35. The van der Waals surface area contributed by atoms with Crippen molar-refractivity contribution in [2.45, 2.75) is 0 Å². The zero-order chi connectivity index (χ0) is 16.4. The van der Waals surface area contributed by atoms with Crippen LogP contribution in [0, 0.1) is 0 Å². The molecule has 0 saturated heterocycles. The topological polar surface area (TPSA) is 98.0 Å². The summed E-state index contributed by atoms with van der Waals surface area (Å²) in [7, 11) is 1.65. The molecule has 7 nitrogen and oxygen atoms in total. The largest absolute Gasteiger partial charge is 0.475 e. The van der Waals surface area contributed by atoms with E-state index in [2.05, 4.69) is 15.3 Å². The van der Waals surface area contributed by atoms with Crippen LogP contribution in [0.15, 0.2) is 42.6 Å². The van der Waals surface area contributed by atoms with Crippen LogP contribution in [-0.2, 0) is 16.6 Å². The van der Waals surface area contributed by atoms with Crippen LogP contribution in [0.5, 0.6) is 0 Å². The predicted molar refractivity (Wildman–Crippen MR) is 83.3 cm³/mol. The van der Waals surface area contributed by atoms with E-state index < -0.39 is 11.8 Å². The van der Waals surface area contributed by atoms with Gasteiger partial charge in [0.1, 0.15) is 0 Å². The molecule has 1 aromatic carbocycles. The second-order valence-corrected chi connectivity index (χ2v) is 4.86. The van der Waals surface area contributed by atoms with Gasteiger partial charge in [-0.1, -0.05) is 29.5 Å². The average molecular weight is 308 g/mol. The van der Waals surface area contributed by atoms with Gasteiger partial charge in [-0.3, -0.25) is 4.79 Å². The van der Waals surface area contributed by atoms with Crippen molar-refractivity contribution in [1.29, 1.82) is 0 Å². The minimum Gasteiger partial charge on any atom is -0.475 e. The number of carbonyl (C=O) groups is 2. The third-order valence-corrected chi connectivity index (χ3v) is 3.35. The number of nitrogens with zero attached hydrogens (tertiary/aromatic N) is 4. The van der Waals surface area contributed by atoms with Gasteiger partial charge in [-0.2, -0.15) is 0 Å². The number of aryl methyl sites for hydroxylation is 1. The molecule has 2 aromatic heterocycles. The van der Waals surface area contributed by atoms with Gasteiger partial charge in [-0.15, -0.1) is 5.10 Å². The standard InChI is InChI=1S/C16H12N4O3/c1-20-11(9-17-19-20)8-12(15(21)16(22)23)14-7-6-10-4-2-3-5-13(10)18-14/h2-9H,1H3,(H,22,23)/b12-8-. The number of aliphatic carboxylic acids is 1. The number of para-hydroxylation sites is 1. The van der Waals surface area contributed by atoms with E-state index in [1.165, 1.54) is 17.0 Å². The van der Waals surface area contributed by atoms with Crippen LogP contribution in [0.25, 0.3) is 22.6 Å². The van der Waals surface area contributed by atoms with Gasteiger partial charge in [-0.05, 0) is 18.2 Å². The number of fused-ring (bicyclic) bond motifs is 1. The van der Waals surface area contributed by atoms with Crippen molar-refractivity contribution in [1.82, 2.24) is 20.0 Å². The van der Waals surface area contributed by atoms with Gasteiger partial charge in [0, 0.05) is 12.4 Å². The summed E-state index contributed by atoms with van der Waals surface area (Å²) in [5.74, 6) is -2.57. The molecule has 3 aromatic rings. The van der Waals surface area contributed by atoms with Gasteiger partial charge in [0.15, 0.2) is 0 Å². The number of carboxylic acid groups (broad SMARTS) is 1. The molecular weight excluding hydrogens is 296 g/mol. The van der Waals surface area contributed by atoms with Gasteiger partial charge >= 0.3 is 5.97 Å². The van der Waals surface area contributed by atoms with Gasteiger partial charge in [-0.25, -0.2) is 14.5 Å². The lowest BCUT2D eigenvalue weighted by molar-refractivity contribution is -0.146. The molecule has 0 fully saturated rings. The highest BCUT2D eigenvalue weighted by Crippen LogP contribution is 2.20. The lowest BCUT2D eigenvalue weighted by Gasteiger charge is -2.05. The van der Waals surface area contributed by atoms with E-state index in [9.17, 15) is 9.59 Å². The molecule has 0 aliphatic rings. The number of hydrogen-bond donors (Lipinski definition) is 1. The lowest BCUT2D eigenvalue weighted by atomic mass is 10.0. The number of carbonyl (C=O) groups excluding carboxylic acids is 1. The molecule has 23 heavy (non-hydrogen) atoms. The van der Waals surface area contributed by atoms with Crippen molar-refractivity contribution in [3.8, 4) is 0 Å². The molecule has 0 unspecified atom stereocenters. The second-order valence-electron chi connectivity index (χ2n) is 4.86. The second kappa shape index (κ2) is 5.80. The fourth-order valence-electron chi connectivity index (χ4n) is 2.16. The SMILES string of the molecule is Cn1nncc1/C=C(\C(=O)C(=O)O)c1ccc2ccccc2n1. The first kappa shape index (κ1) is 14.6. The van der Waals surface area contributed by atoms with Crippen molar-refractivity contribution < 1.29 is 14.7 Å². The monoisotopic (exact) mass is 308 g/mol. The first-order chi connectivity index (χ1) is 11.1. The van der Waals surface area contributed by atoms with E-state index in [0.717, 1.165) is 5.39 Å². The molecule has 0 radical (unpaired) electrons. The maximum Gasteiger partial charge on any atom is 0.377 e. The zero-order valence-electron chi connectivity index (χ0n) is 12.2. The minimum atomic E-state index is -1.54. The first-order valence-electron chi connectivity index (χ1n) is 6.76. The molecule has 7 heteroatoms. The zero-order valence-corrected chi connectivity index (χ0v) is 12.2. The molecule has 114 valence electrons. The summed E-state index contributed by atoms with van der Waals surface area (Å²) in [6, 6.07) is 10.8. The summed E-state index contributed by atoms with van der Waals surface area (Å²) in [6.07, 6.45) is 2.86. The van der Waals surface area contributed by atoms with E-state index in [-0.39, 0.29) is 11.3 Å². The van der Waals surface area contributed by atoms with Crippen LogP contribution >= 0.6 is 0 Å². The van der Waals surface area contributed by atoms with Crippen molar-refractivity contribution in [2.75, 3.05) is 0 Å².